The number of aliphatic carboxylic acids is 1. The molecule has 0 spiro atoms. The number of sulfonamides is 1. The summed E-state index contributed by atoms with van der Waals surface area (Å²) in [4.78, 5) is 27.2. The predicted octanol–water partition coefficient (Wildman–Crippen LogP) is 1.15. The highest BCUT2D eigenvalue weighted by atomic mass is 79.9. The van der Waals surface area contributed by atoms with Gasteiger partial charge in [-0.1, -0.05) is 13.3 Å². The van der Waals surface area contributed by atoms with E-state index in [1.807, 2.05) is 0 Å². The number of nitrogens with one attached hydrogen (secondary N) is 3. The van der Waals surface area contributed by atoms with Crippen molar-refractivity contribution in [1.29, 1.82) is 0 Å². The second-order valence-electron chi connectivity index (χ2n) is 4.71. The summed E-state index contributed by atoms with van der Waals surface area (Å²) < 4.78 is 27.2. The molecule has 120 valence electrons. The van der Waals surface area contributed by atoms with Crippen LogP contribution in [-0.4, -0.2) is 35.5 Å². The summed E-state index contributed by atoms with van der Waals surface area (Å²) in [6.07, 6.45) is 0.695. The highest BCUT2D eigenvalue weighted by Gasteiger charge is 2.26. The van der Waals surface area contributed by atoms with Crippen LogP contribution in [0, 0.1) is 0 Å². The molecule has 1 unspecified atom stereocenters. The van der Waals surface area contributed by atoms with Crippen molar-refractivity contribution >= 4 is 43.0 Å². The number of H-pyrrole nitrogens is 2. The largest absolute Gasteiger partial charge is 0.480 e. The average molecular weight is 392 g/mol. The fraction of sp³-hybridized carbons (Fsp3) is 0.333. The molecule has 0 saturated heterocycles. The maximum atomic E-state index is 12.4. The minimum absolute atomic E-state index is 0.141. The fourth-order valence-electron chi connectivity index (χ4n) is 2.01. The molecule has 0 aliphatic rings. The van der Waals surface area contributed by atoms with Crippen LogP contribution in [0.4, 0.5) is 0 Å². The molecule has 1 aromatic carbocycles. The van der Waals surface area contributed by atoms with Crippen LogP contribution in [0.15, 0.2) is 26.3 Å². The Labute approximate surface area is 134 Å². The zero-order valence-corrected chi connectivity index (χ0v) is 13.9. The summed E-state index contributed by atoms with van der Waals surface area (Å²) in [7, 11) is -4.05. The summed E-state index contributed by atoms with van der Waals surface area (Å²) in [5.74, 6) is -1.24. The van der Waals surface area contributed by atoms with Gasteiger partial charge in [0.2, 0.25) is 10.0 Å². The molecule has 4 N–H and O–H groups in total. The maximum absolute atomic E-state index is 12.4. The summed E-state index contributed by atoms with van der Waals surface area (Å²) in [6.45, 7) is 1.76. The van der Waals surface area contributed by atoms with Crippen molar-refractivity contribution in [3.63, 3.8) is 0 Å². The van der Waals surface area contributed by atoms with Crippen LogP contribution in [-0.2, 0) is 14.8 Å². The fourth-order valence-corrected chi connectivity index (χ4v) is 4.31. The van der Waals surface area contributed by atoms with Gasteiger partial charge in [-0.15, -0.1) is 0 Å². The molecule has 0 aliphatic heterocycles. The lowest BCUT2D eigenvalue weighted by Crippen LogP contribution is -2.40. The quantitative estimate of drug-likeness (QED) is 0.586. The number of halogens is 1. The molecule has 2 aromatic rings. The third-order valence-corrected chi connectivity index (χ3v) is 5.46. The molecule has 1 atom stereocenters. The third kappa shape index (κ3) is 3.39. The number of imidazole rings is 1. The predicted molar refractivity (Wildman–Crippen MR) is 83.3 cm³/mol. The molecule has 1 aromatic heterocycles. The van der Waals surface area contributed by atoms with Gasteiger partial charge in [-0.3, -0.25) is 4.79 Å². The van der Waals surface area contributed by atoms with Gasteiger partial charge in [0, 0.05) is 4.47 Å². The van der Waals surface area contributed by atoms with Crippen molar-refractivity contribution in [3.8, 4) is 0 Å². The van der Waals surface area contributed by atoms with Crippen molar-refractivity contribution in [1.82, 2.24) is 14.7 Å². The second kappa shape index (κ2) is 6.23. The first-order valence-corrected chi connectivity index (χ1v) is 8.69. The number of aromatic nitrogens is 2. The van der Waals surface area contributed by atoms with Gasteiger partial charge in [-0.25, -0.2) is 13.2 Å². The average Bonchev–Trinajstić information content (AvgIpc) is 2.76. The lowest BCUT2D eigenvalue weighted by atomic mass is 10.2. The van der Waals surface area contributed by atoms with Gasteiger partial charge in [0.15, 0.2) is 0 Å². The van der Waals surface area contributed by atoms with Crippen molar-refractivity contribution in [2.45, 2.75) is 30.7 Å². The molecule has 1 heterocycles. The monoisotopic (exact) mass is 391 g/mol. The number of carbonyl (C=O) groups is 1. The van der Waals surface area contributed by atoms with Gasteiger partial charge < -0.3 is 15.1 Å². The van der Waals surface area contributed by atoms with E-state index in [4.69, 9.17) is 5.11 Å². The highest BCUT2D eigenvalue weighted by molar-refractivity contribution is 9.10. The highest BCUT2D eigenvalue weighted by Crippen LogP contribution is 2.26. The lowest BCUT2D eigenvalue weighted by Gasteiger charge is -2.14. The van der Waals surface area contributed by atoms with Crippen molar-refractivity contribution in [3.05, 3.63) is 27.1 Å². The Kier molecular flexibility index (Phi) is 4.73. The van der Waals surface area contributed by atoms with E-state index in [9.17, 15) is 18.0 Å². The smallest absolute Gasteiger partial charge is 0.323 e. The molecular weight excluding hydrogens is 378 g/mol. The van der Waals surface area contributed by atoms with Crippen LogP contribution >= 0.6 is 15.9 Å². The number of carboxylic acids is 1. The van der Waals surface area contributed by atoms with E-state index < -0.39 is 27.7 Å². The number of hydrogen-bond acceptors (Lipinski definition) is 4. The first-order chi connectivity index (χ1) is 10.2. The van der Waals surface area contributed by atoms with E-state index in [1.54, 1.807) is 6.92 Å². The van der Waals surface area contributed by atoms with Crippen LogP contribution in [0.1, 0.15) is 19.8 Å². The number of carboxylic acid groups (broad SMARTS) is 1. The molecule has 0 aliphatic carbocycles. The van der Waals surface area contributed by atoms with Crippen molar-refractivity contribution in [2.24, 2.45) is 0 Å². The minimum atomic E-state index is -4.05. The molecule has 2 rings (SSSR count). The Bertz CT molecular complexity index is 871. The molecule has 0 saturated carbocycles. The number of aromatic amines is 2. The molecular formula is C12H14BrN3O5S. The van der Waals surface area contributed by atoms with Crippen LogP contribution in [0.25, 0.3) is 11.0 Å². The third-order valence-electron chi connectivity index (χ3n) is 3.03. The maximum Gasteiger partial charge on any atom is 0.323 e. The molecule has 22 heavy (non-hydrogen) atoms. The Morgan fingerprint density at radius 2 is 1.95 bits per heavy atom. The zero-order chi connectivity index (χ0) is 16.5. The number of hydrogen-bond donors (Lipinski definition) is 4. The summed E-state index contributed by atoms with van der Waals surface area (Å²) in [5.41, 5.74) is 0.300. The van der Waals surface area contributed by atoms with E-state index in [2.05, 4.69) is 30.6 Å². The zero-order valence-electron chi connectivity index (χ0n) is 11.5. The van der Waals surface area contributed by atoms with Crippen LogP contribution in [0.2, 0.25) is 0 Å². The molecule has 0 radical (unpaired) electrons. The first-order valence-electron chi connectivity index (χ1n) is 6.41. The Morgan fingerprint density at radius 1 is 1.36 bits per heavy atom. The van der Waals surface area contributed by atoms with E-state index in [-0.39, 0.29) is 15.8 Å². The Morgan fingerprint density at radius 3 is 2.50 bits per heavy atom. The first kappa shape index (κ1) is 16.7. The standard InChI is InChI=1S/C12H14BrN3O5S/c1-2-3-7(11(17)18)16-22(20,21)10-5-9-8(4-6(10)13)14-12(19)15-9/h4-5,7,16H,2-3H2,1H3,(H,17,18)(H2,14,15,19). The topological polar surface area (TPSA) is 132 Å². The molecule has 0 fully saturated rings. The second-order valence-corrected chi connectivity index (χ2v) is 7.24. The van der Waals surface area contributed by atoms with E-state index in [0.29, 0.717) is 17.5 Å². The van der Waals surface area contributed by atoms with Gasteiger partial charge in [0.05, 0.1) is 15.9 Å². The van der Waals surface area contributed by atoms with E-state index in [0.717, 1.165) is 0 Å². The van der Waals surface area contributed by atoms with Crippen LogP contribution in [0.3, 0.4) is 0 Å². The van der Waals surface area contributed by atoms with Gasteiger partial charge in [-0.2, -0.15) is 4.72 Å². The van der Waals surface area contributed by atoms with Gasteiger partial charge in [0.25, 0.3) is 0 Å². The molecule has 8 nitrogen and oxygen atoms in total. The van der Waals surface area contributed by atoms with E-state index >= 15 is 0 Å². The minimum Gasteiger partial charge on any atom is -0.480 e. The number of benzene rings is 1. The molecule has 0 amide bonds. The number of fused-ring (bicyclic) bond motifs is 1. The summed E-state index contributed by atoms with van der Waals surface area (Å²) in [5, 5.41) is 9.07. The van der Waals surface area contributed by atoms with Crippen molar-refractivity contribution in [2.75, 3.05) is 0 Å². The van der Waals surface area contributed by atoms with Crippen molar-refractivity contribution < 1.29 is 18.3 Å². The Hall–Kier alpha value is -1.65. The van der Waals surface area contributed by atoms with Crippen LogP contribution in [0.5, 0.6) is 0 Å². The summed E-state index contributed by atoms with van der Waals surface area (Å²) >= 11 is 3.13. The lowest BCUT2D eigenvalue weighted by molar-refractivity contribution is -0.139. The SMILES string of the molecule is CCCC(NS(=O)(=O)c1cc2[nH]c(=O)[nH]c2cc1Br)C(=O)O. The molecule has 0 bridgehead atoms. The van der Waals surface area contributed by atoms with Crippen LogP contribution < -0.4 is 10.4 Å². The Balaban J connectivity index is 2.46. The number of rotatable bonds is 6. The van der Waals surface area contributed by atoms with Gasteiger partial charge >= 0.3 is 11.7 Å². The normalized spacial score (nSPS) is 13.4. The van der Waals surface area contributed by atoms with E-state index in [1.165, 1.54) is 12.1 Å². The summed E-state index contributed by atoms with van der Waals surface area (Å²) in [6, 6.07) is 1.50. The van der Waals surface area contributed by atoms with Gasteiger partial charge in [0.1, 0.15) is 6.04 Å². The molecule has 10 heteroatoms. The van der Waals surface area contributed by atoms with Gasteiger partial charge in [-0.05, 0) is 34.5 Å².